The van der Waals surface area contributed by atoms with Crippen molar-refractivity contribution in [3.05, 3.63) is 22.7 Å². The number of nitrogens with zero attached hydrogens (tertiary/aromatic N) is 2. The molecule has 0 aromatic carbocycles. The summed E-state index contributed by atoms with van der Waals surface area (Å²) in [6.45, 7) is 6.85. The molecule has 2 rings (SSSR count). The van der Waals surface area contributed by atoms with Crippen LogP contribution in [-0.4, -0.2) is 85.7 Å². The largest absolute Gasteiger partial charge is 0.481 e. The van der Waals surface area contributed by atoms with Gasteiger partial charge in [-0.1, -0.05) is 207 Å². The molecule has 1 aliphatic rings. The van der Waals surface area contributed by atoms with E-state index in [0.717, 1.165) is 67.8 Å². The number of nitrogens with two attached hydrogens (primary N) is 1. The van der Waals surface area contributed by atoms with E-state index in [1.165, 1.54) is 141 Å². The van der Waals surface area contributed by atoms with Gasteiger partial charge in [-0.3, -0.25) is 23.2 Å². The number of unbranched alkanes of at least 4 members (excludes halogenated alkanes) is 25. The number of anilines is 1. The summed E-state index contributed by atoms with van der Waals surface area (Å²) >= 11 is 0. The van der Waals surface area contributed by atoms with Crippen LogP contribution < -0.4 is 11.4 Å². The number of carbonyl (C=O) groups excluding carboxylic acids is 2. The Kier molecular flexibility index (Phi) is 35.8. The number of rotatable bonds is 46. The normalized spacial score (nSPS) is 19.5. The van der Waals surface area contributed by atoms with Gasteiger partial charge < -0.3 is 39.9 Å². The fourth-order valence-electron chi connectivity index (χ4n) is 8.71. The number of phosphoric ester groups is 2. The highest BCUT2D eigenvalue weighted by Gasteiger charge is 2.46. The van der Waals surface area contributed by atoms with Gasteiger partial charge in [-0.2, -0.15) is 9.29 Å². The van der Waals surface area contributed by atoms with E-state index < -0.39 is 83.7 Å². The first-order valence-electron chi connectivity index (χ1n) is 27.8. The van der Waals surface area contributed by atoms with Crippen LogP contribution in [-0.2, 0) is 46.3 Å². The monoisotopic (exact) mass is 1070 g/mol. The average molecular weight is 1070 g/mol. The first kappa shape index (κ1) is 65.9. The number of ether oxygens (including phenoxy) is 3. The third-order valence-electron chi connectivity index (χ3n) is 13.4. The van der Waals surface area contributed by atoms with Crippen molar-refractivity contribution in [3.8, 4) is 0 Å². The molecule has 4 unspecified atom stereocenters. The Bertz CT molecular complexity index is 1740. The van der Waals surface area contributed by atoms with Crippen molar-refractivity contribution in [2.45, 2.75) is 264 Å². The van der Waals surface area contributed by atoms with E-state index in [-0.39, 0.29) is 18.7 Å². The van der Waals surface area contributed by atoms with Crippen LogP contribution in [0.3, 0.4) is 0 Å². The second-order valence-electron chi connectivity index (χ2n) is 20.5. The fraction of sp³-hybridized carbons (Fsp3) is 0.885. The van der Waals surface area contributed by atoms with Gasteiger partial charge in [0, 0.05) is 19.0 Å². The first-order chi connectivity index (χ1) is 34.4. The van der Waals surface area contributed by atoms with Gasteiger partial charge >= 0.3 is 33.3 Å². The van der Waals surface area contributed by atoms with E-state index in [2.05, 4.69) is 37.0 Å². The van der Waals surface area contributed by atoms with Crippen LogP contribution in [0.5, 0.6) is 0 Å². The van der Waals surface area contributed by atoms with Crippen LogP contribution in [0.2, 0.25) is 0 Å². The molecule has 1 aromatic heterocycles. The molecule has 20 heteroatoms. The van der Waals surface area contributed by atoms with Crippen LogP contribution in [0.1, 0.15) is 239 Å². The summed E-state index contributed by atoms with van der Waals surface area (Å²) in [4.78, 5) is 62.0. The van der Waals surface area contributed by atoms with E-state index in [9.17, 15) is 43.5 Å². The summed E-state index contributed by atoms with van der Waals surface area (Å²) in [5, 5.41) is 20.9. The minimum Gasteiger partial charge on any atom is -0.462 e. The highest BCUT2D eigenvalue weighted by Crippen LogP contribution is 2.60. The quantitative estimate of drug-likeness (QED) is 0.0231. The smallest absolute Gasteiger partial charge is 0.462 e. The molecule has 1 fully saturated rings. The van der Waals surface area contributed by atoms with E-state index >= 15 is 0 Å². The highest BCUT2D eigenvalue weighted by molar-refractivity contribution is 7.61. The van der Waals surface area contributed by atoms with E-state index in [1.807, 2.05) is 0 Å². The van der Waals surface area contributed by atoms with Gasteiger partial charge in [-0.25, -0.2) is 13.9 Å². The van der Waals surface area contributed by atoms with Gasteiger partial charge in [0.1, 0.15) is 30.7 Å². The van der Waals surface area contributed by atoms with Crippen LogP contribution in [0.4, 0.5) is 5.82 Å². The Balaban J connectivity index is 1.73. The molecule has 6 N–H and O–H groups in total. The number of aromatic nitrogens is 2. The van der Waals surface area contributed by atoms with Crippen molar-refractivity contribution >= 4 is 33.4 Å². The maximum atomic E-state index is 12.9. The van der Waals surface area contributed by atoms with Crippen LogP contribution in [0, 0.1) is 11.8 Å². The van der Waals surface area contributed by atoms with Crippen molar-refractivity contribution in [1.82, 2.24) is 9.55 Å². The molecule has 0 aliphatic carbocycles. The molecule has 1 saturated heterocycles. The first-order valence-corrected chi connectivity index (χ1v) is 30.8. The van der Waals surface area contributed by atoms with Gasteiger partial charge in [-0.15, -0.1) is 0 Å². The van der Waals surface area contributed by atoms with Gasteiger partial charge in [-0.05, 0) is 30.7 Å². The van der Waals surface area contributed by atoms with E-state index in [4.69, 9.17) is 29.0 Å². The summed E-state index contributed by atoms with van der Waals surface area (Å²) in [7, 11) is -10.8. The lowest BCUT2D eigenvalue weighted by molar-refractivity contribution is -0.161. The third kappa shape index (κ3) is 32.3. The van der Waals surface area contributed by atoms with Crippen LogP contribution in [0.25, 0.3) is 0 Å². The maximum Gasteiger partial charge on any atom is 0.481 e. The fourth-order valence-corrected chi connectivity index (χ4v) is 10.8. The second kappa shape index (κ2) is 39.2. The minimum atomic E-state index is -5.42. The molecule has 1 aliphatic heterocycles. The summed E-state index contributed by atoms with van der Waals surface area (Å²) < 4.78 is 56.9. The summed E-state index contributed by atoms with van der Waals surface area (Å²) in [5.41, 5.74) is 4.60. The lowest BCUT2D eigenvalue weighted by Crippen LogP contribution is -2.36. The topological polar surface area (TPSA) is 265 Å². The molecule has 18 nitrogen and oxygen atoms in total. The zero-order valence-corrected chi connectivity index (χ0v) is 46.4. The molecule has 8 atom stereocenters. The maximum absolute atomic E-state index is 12.9. The van der Waals surface area contributed by atoms with Crippen molar-refractivity contribution in [3.63, 3.8) is 0 Å². The van der Waals surface area contributed by atoms with Crippen molar-refractivity contribution in [2.75, 3.05) is 25.6 Å². The number of carbonyl (C=O) groups is 2. The number of aliphatic hydroxyl groups excluding tert-OH is 2. The van der Waals surface area contributed by atoms with Crippen molar-refractivity contribution in [1.29, 1.82) is 0 Å². The lowest BCUT2D eigenvalue weighted by Gasteiger charge is -2.21. The Morgan fingerprint density at radius 1 is 0.667 bits per heavy atom. The molecule has 0 spiro atoms. The lowest BCUT2D eigenvalue weighted by atomic mass is 9.99. The van der Waals surface area contributed by atoms with Gasteiger partial charge in [0.05, 0.1) is 13.2 Å². The highest BCUT2D eigenvalue weighted by atomic mass is 31.3. The van der Waals surface area contributed by atoms with Crippen molar-refractivity contribution in [2.24, 2.45) is 11.8 Å². The number of hydrogen-bond donors (Lipinski definition) is 5. The molecule has 0 bridgehead atoms. The number of hydrogen-bond acceptors (Lipinski definition) is 15. The molecule has 2 heterocycles. The predicted molar refractivity (Wildman–Crippen MR) is 280 cm³/mol. The number of nitrogen functional groups attached to an aromatic ring is 1. The Hall–Kier alpha value is -2.24. The SMILES string of the molecule is CCC(C)CCCCCCCCCCCCCCCCCCCCC(=O)O[C@H](COC(=O)CCCCCCCCCCCC(C)C)COP(=O)(O)OP(=O)(O)OC[C@H]1O[C@@H](n2ccc(N)nc2=O)C(O)[C@H]1O. The zero-order valence-electron chi connectivity index (χ0n) is 44.6. The molecule has 72 heavy (non-hydrogen) atoms. The van der Waals surface area contributed by atoms with E-state index in [0.29, 0.717) is 12.8 Å². The molecular weight excluding hydrogens is 969 g/mol. The average Bonchev–Trinajstić information content (AvgIpc) is 3.60. The molecule has 420 valence electrons. The Morgan fingerprint density at radius 2 is 1.11 bits per heavy atom. The molecule has 0 radical (unpaired) electrons. The summed E-state index contributed by atoms with van der Waals surface area (Å²) in [6.07, 6.45) is 29.1. The standard InChI is InChI=1S/C52H97N3O15P2/c1-5-43(4)34-30-26-22-18-14-12-10-8-6-7-9-11-13-15-19-24-28-32-36-48(57)68-44(39-65-47(56)35-31-27-23-20-16-17-21-25-29-33-42(2)3)40-66-71(61,62)70-72(63,64)67-41-45-49(58)50(59)51(69-45)55-38-37-46(53)54-52(55)60/h37-38,42-45,49-51,58-59H,5-36,39-41H2,1-4H3,(H,61,62)(H,63,64)(H2,53,54,60)/t43?,44-,45-,49+,50?,51-/m1/s1. The van der Waals surface area contributed by atoms with Gasteiger partial charge in [0.25, 0.3) is 0 Å². The second-order valence-corrected chi connectivity index (χ2v) is 23.6. The number of phosphoric acid groups is 2. The summed E-state index contributed by atoms with van der Waals surface area (Å²) in [5.74, 6) is 0.335. The van der Waals surface area contributed by atoms with E-state index in [1.54, 1.807) is 0 Å². The number of aliphatic hydroxyl groups is 2. The molecule has 0 saturated carbocycles. The molecular formula is C52H97N3O15P2. The Morgan fingerprint density at radius 3 is 1.58 bits per heavy atom. The minimum absolute atomic E-state index is 0.0574. The molecule has 1 aromatic rings. The van der Waals surface area contributed by atoms with Crippen LogP contribution >= 0.6 is 15.6 Å². The number of esters is 2. The van der Waals surface area contributed by atoms with Gasteiger partial charge in [0.2, 0.25) is 0 Å². The summed E-state index contributed by atoms with van der Waals surface area (Å²) in [6, 6.07) is 1.25. The predicted octanol–water partition coefficient (Wildman–Crippen LogP) is 11.9. The van der Waals surface area contributed by atoms with Crippen LogP contribution in [0.15, 0.2) is 17.1 Å². The third-order valence-corrected chi connectivity index (χ3v) is 16.0. The Labute approximate surface area is 431 Å². The van der Waals surface area contributed by atoms with Crippen molar-refractivity contribution < 1.29 is 66.3 Å². The zero-order chi connectivity index (χ0) is 53.0. The van der Waals surface area contributed by atoms with Gasteiger partial charge in [0.15, 0.2) is 12.3 Å². The molecule has 0 amide bonds.